The fourth-order valence-electron chi connectivity index (χ4n) is 0.937. The van der Waals surface area contributed by atoms with Gasteiger partial charge in [-0.15, -0.1) is 4.99 Å². The average Bonchev–Trinajstić information content (AvgIpc) is 2.21. The maximum absolute atomic E-state index is 11.6. The van der Waals surface area contributed by atoms with Gasteiger partial charge in [-0.25, -0.2) is 0 Å². The van der Waals surface area contributed by atoms with Crippen molar-refractivity contribution in [3.05, 3.63) is 33.8 Å². The number of hydrogen-bond donors (Lipinski definition) is 2. The van der Waals surface area contributed by atoms with Crippen LogP contribution in [-0.2, 0) is 0 Å². The zero-order valence-corrected chi connectivity index (χ0v) is 9.38. The number of nitrogens with zero attached hydrogens (tertiary/aromatic N) is 2. The summed E-state index contributed by atoms with van der Waals surface area (Å²) in [6, 6.07) is 4.42. The number of nitrogens with one attached hydrogen (secondary N) is 1. The molecule has 0 saturated heterocycles. The molecular weight excluding hydrogens is 251 g/mol. The zero-order chi connectivity index (χ0) is 12.1. The van der Waals surface area contributed by atoms with Crippen LogP contribution in [0.2, 0.25) is 10.0 Å². The van der Waals surface area contributed by atoms with E-state index in [9.17, 15) is 4.79 Å². The highest BCUT2D eigenvalue weighted by atomic mass is 35.5. The van der Waals surface area contributed by atoms with Crippen LogP contribution in [0.5, 0.6) is 0 Å². The van der Waals surface area contributed by atoms with Crippen molar-refractivity contribution in [3.63, 3.8) is 0 Å². The number of aliphatic imine (C=N–C) groups is 1. The van der Waals surface area contributed by atoms with Crippen LogP contribution < -0.4 is 11.1 Å². The van der Waals surface area contributed by atoms with Crippen LogP contribution in [0.4, 0.5) is 0 Å². The van der Waals surface area contributed by atoms with Crippen LogP contribution >= 0.6 is 23.2 Å². The second kappa shape index (κ2) is 5.35. The van der Waals surface area contributed by atoms with Crippen molar-refractivity contribution in [2.45, 2.75) is 0 Å². The van der Waals surface area contributed by atoms with Gasteiger partial charge in [0.15, 0.2) is 0 Å². The van der Waals surface area contributed by atoms with Gasteiger partial charge in [-0.2, -0.15) is 5.26 Å². The summed E-state index contributed by atoms with van der Waals surface area (Å²) in [4.78, 5) is 14.7. The Morgan fingerprint density at radius 2 is 2.19 bits per heavy atom. The third kappa shape index (κ3) is 3.12. The Labute approximate surface area is 101 Å². The molecule has 16 heavy (non-hydrogen) atoms. The molecular formula is C9H6Cl2N4O. The number of amides is 1. The van der Waals surface area contributed by atoms with Crippen molar-refractivity contribution in [1.82, 2.24) is 5.32 Å². The molecule has 0 saturated carbocycles. The van der Waals surface area contributed by atoms with Crippen LogP contribution in [0.3, 0.4) is 0 Å². The molecule has 1 amide bonds. The topological polar surface area (TPSA) is 91.3 Å². The molecule has 0 heterocycles. The number of benzene rings is 1. The molecule has 0 atom stereocenters. The molecule has 0 aliphatic heterocycles. The molecule has 0 aliphatic rings. The fraction of sp³-hybridized carbons (Fsp3) is 0. The molecule has 0 spiro atoms. The quantitative estimate of drug-likeness (QED) is 0.454. The molecule has 0 unspecified atom stereocenters. The minimum absolute atomic E-state index is 0.158. The number of nitrogens with two attached hydrogens (primary N) is 1. The highest BCUT2D eigenvalue weighted by molar-refractivity contribution is 6.36. The zero-order valence-electron chi connectivity index (χ0n) is 7.87. The van der Waals surface area contributed by atoms with E-state index in [1.807, 2.05) is 0 Å². The van der Waals surface area contributed by atoms with Gasteiger partial charge in [0.1, 0.15) is 0 Å². The summed E-state index contributed by atoms with van der Waals surface area (Å²) in [7, 11) is 0. The Morgan fingerprint density at radius 1 is 1.50 bits per heavy atom. The lowest BCUT2D eigenvalue weighted by atomic mass is 10.2. The molecule has 0 radical (unpaired) electrons. The summed E-state index contributed by atoms with van der Waals surface area (Å²) in [5, 5.41) is 11.0. The average molecular weight is 257 g/mol. The van der Waals surface area contributed by atoms with Crippen LogP contribution in [-0.4, -0.2) is 11.9 Å². The Kier molecular flexibility index (Phi) is 4.11. The van der Waals surface area contributed by atoms with Gasteiger partial charge in [0, 0.05) is 5.02 Å². The SMILES string of the molecule is N#CN=C(N)NC(=O)c1cc(Cl)ccc1Cl. The van der Waals surface area contributed by atoms with Crippen molar-refractivity contribution in [1.29, 1.82) is 5.26 Å². The molecule has 1 aromatic rings. The molecule has 0 fully saturated rings. The highest BCUT2D eigenvalue weighted by Crippen LogP contribution is 2.20. The normalized spacial score (nSPS) is 10.7. The molecule has 0 aromatic heterocycles. The van der Waals surface area contributed by atoms with E-state index in [2.05, 4.69) is 10.3 Å². The fourth-order valence-corrected chi connectivity index (χ4v) is 1.31. The van der Waals surface area contributed by atoms with Gasteiger partial charge in [-0.1, -0.05) is 23.2 Å². The van der Waals surface area contributed by atoms with Crippen molar-refractivity contribution in [3.8, 4) is 6.19 Å². The Hall–Kier alpha value is -1.77. The first-order valence-electron chi connectivity index (χ1n) is 4.03. The van der Waals surface area contributed by atoms with E-state index in [-0.39, 0.29) is 16.5 Å². The second-order valence-electron chi connectivity index (χ2n) is 2.68. The maximum Gasteiger partial charge on any atom is 0.259 e. The lowest BCUT2D eigenvalue weighted by Gasteiger charge is -2.05. The Morgan fingerprint density at radius 3 is 2.81 bits per heavy atom. The first-order valence-corrected chi connectivity index (χ1v) is 4.79. The van der Waals surface area contributed by atoms with Crippen molar-refractivity contribution in [2.75, 3.05) is 0 Å². The Bertz CT molecular complexity index is 493. The van der Waals surface area contributed by atoms with E-state index >= 15 is 0 Å². The van der Waals surface area contributed by atoms with Crippen LogP contribution in [0.25, 0.3) is 0 Å². The molecule has 7 heteroatoms. The first-order chi connectivity index (χ1) is 7.54. The predicted octanol–water partition coefficient (Wildman–Crippen LogP) is 1.52. The van der Waals surface area contributed by atoms with Gasteiger partial charge in [0.2, 0.25) is 12.2 Å². The maximum atomic E-state index is 11.6. The van der Waals surface area contributed by atoms with Crippen LogP contribution in [0, 0.1) is 11.5 Å². The summed E-state index contributed by atoms with van der Waals surface area (Å²) in [6.45, 7) is 0. The number of halogens is 2. The summed E-state index contributed by atoms with van der Waals surface area (Å²) in [5.74, 6) is -0.882. The minimum atomic E-state index is -0.580. The van der Waals surface area contributed by atoms with Crippen molar-refractivity contribution >= 4 is 35.1 Å². The highest BCUT2D eigenvalue weighted by Gasteiger charge is 2.11. The molecule has 0 bridgehead atoms. The minimum Gasteiger partial charge on any atom is -0.369 e. The standard InChI is InChI=1S/C9H6Cl2N4O/c10-5-1-2-7(11)6(3-5)8(16)15-9(13)14-4-12/h1-3H,(H3,13,14,15,16). The Balaban J connectivity index is 2.94. The number of carbonyl (C=O) groups is 1. The number of carbonyl (C=O) groups excluding carboxylic acids is 1. The predicted molar refractivity (Wildman–Crippen MR) is 61.2 cm³/mol. The number of guanidine groups is 1. The van der Waals surface area contributed by atoms with Crippen molar-refractivity contribution < 1.29 is 4.79 Å². The van der Waals surface area contributed by atoms with E-state index in [1.165, 1.54) is 18.3 Å². The third-order valence-electron chi connectivity index (χ3n) is 1.59. The monoisotopic (exact) mass is 256 g/mol. The third-order valence-corrected chi connectivity index (χ3v) is 2.15. The van der Waals surface area contributed by atoms with Crippen LogP contribution in [0.1, 0.15) is 10.4 Å². The van der Waals surface area contributed by atoms with Gasteiger partial charge in [0.25, 0.3) is 5.91 Å². The molecule has 1 rings (SSSR count). The summed E-state index contributed by atoms with van der Waals surface area (Å²) >= 11 is 11.5. The lowest BCUT2D eigenvalue weighted by Crippen LogP contribution is -2.36. The molecule has 5 nitrogen and oxygen atoms in total. The van der Waals surface area contributed by atoms with Gasteiger partial charge in [-0.3, -0.25) is 10.1 Å². The smallest absolute Gasteiger partial charge is 0.259 e. The first kappa shape index (κ1) is 12.3. The van der Waals surface area contributed by atoms with Gasteiger partial charge in [-0.05, 0) is 18.2 Å². The van der Waals surface area contributed by atoms with E-state index in [0.717, 1.165) is 0 Å². The lowest BCUT2D eigenvalue weighted by molar-refractivity contribution is 0.0977. The van der Waals surface area contributed by atoms with Gasteiger partial charge < -0.3 is 5.73 Å². The van der Waals surface area contributed by atoms with E-state index < -0.39 is 5.91 Å². The van der Waals surface area contributed by atoms with Crippen molar-refractivity contribution in [2.24, 2.45) is 10.7 Å². The summed E-state index contributed by atoms with van der Waals surface area (Å²) in [6.07, 6.45) is 1.44. The molecule has 1 aromatic carbocycles. The number of hydrogen-bond acceptors (Lipinski definition) is 3. The summed E-state index contributed by atoms with van der Waals surface area (Å²) in [5.41, 5.74) is 5.39. The van der Waals surface area contributed by atoms with Crippen LogP contribution in [0.15, 0.2) is 23.2 Å². The molecule has 3 N–H and O–H groups in total. The number of nitriles is 1. The summed E-state index contributed by atoms with van der Waals surface area (Å²) < 4.78 is 0. The van der Waals surface area contributed by atoms with Gasteiger partial charge in [0.05, 0.1) is 10.6 Å². The van der Waals surface area contributed by atoms with E-state index in [4.69, 9.17) is 34.2 Å². The van der Waals surface area contributed by atoms with E-state index in [1.54, 1.807) is 6.07 Å². The number of rotatable bonds is 1. The molecule has 82 valence electrons. The second-order valence-corrected chi connectivity index (χ2v) is 3.52. The largest absolute Gasteiger partial charge is 0.369 e. The van der Waals surface area contributed by atoms with Gasteiger partial charge >= 0.3 is 0 Å². The van der Waals surface area contributed by atoms with E-state index in [0.29, 0.717) is 5.02 Å². The molecule has 0 aliphatic carbocycles.